The van der Waals surface area contributed by atoms with Gasteiger partial charge in [-0.3, -0.25) is 4.79 Å². The van der Waals surface area contributed by atoms with Crippen LogP contribution in [-0.2, 0) is 4.79 Å². The molecule has 0 unspecified atom stereocenters. The van der Waals surface area contributed by atoms with Gasteiger partial charge in [0.15, 0.2) is 12.8 Å². The van der Waals surface area contributed by atoms with Gasteiger partial charge < -0.3 is 15.3 Å². The molecule has 0 bridgehead atoms. The summed E-state index contributed by atoms with van der Waals surface area (Å²) in [6, 6.07) is 5.02. The quantitative estimate of drug-likeness (QED) is 0.602. The van der Waals surface area contributed by atoms with Crippen LogP contribution in [-0.4, -0.2) is 18.6 Å². The molecular weight excluding hydrogens is 220 g/mol. The largest absolute Gasteiger partial charge is 0.616 e. The van der Waals surface area contributed by atoms with Crippen molar-refractivity contribution in [1.82, 2.24) is 5.32 Å². The Kier molecular flexibility index (Phi) is 3.46. The minimum Gasteiger partial charge on any atom is -0.616 e. The van der Waals surface area contributed by atoms with Crippen LogP contribution in [0.4, 0.5) is 0 Å². The van der Waals surface area contributed by atoms with E-state index in [9.17, 15) is 10.0 Å². The zero-order valence-electron chi connectivity index (χ0n) is 9.76. The van der Waals surface area contributed by atoms with Crippen LogP contribution in [0.2, 0.25) is 0 Å². The number of hydrogen-bond donors (Lipinski definition) is 1. The van der Waals surface area contributed by atoms with E-state index in [0.717, 1.165) is 0 Å². The van der Waals surface area contributed by atoms with Gasteiger partial charge in [0.25, 0.3) is 5.91 Å². The summed E-state index contributed by atoms with van der Waals surface area (Å²) >= 11 is 0. The number of carbonyl (C=O) groups is 1. The number of ether oxygens (including phenoxy) is 1. The fraction of sp³-hybridized carbons (Fsp3) is 0.500. The van der Waals surface area contributed by atoms with Crippen LogP contribution in [0.3, 0.4) is 0 Å². The van der Waals surface area contributed by atoms with Crippen molar-refractivity contribution >= 4 is 5.91 Å². The molecule has 0 saturated heterocycles. The van der Waals surface area contributed by atoms with Crippen LogP contribution >= 0.6 is 0 Å². The van der Waals surface area contributed by atoms with Crippen molar-refractivity contribution in [3.05, 3.63) is 29.6 Å². The van der Waals surface area contributed by atoms with Gasteiger partial charge in [-0.2, -0.15) is 0 Å². The highest BCUT2D eigenvalue weighted by Crippen LogP contribution is 2.32. The van der Waals surface area contributed by atoms with Crippen LogP contribution in [0.1, 0.15) is 19.8 Å². The lowest BCUT2D eigenvalue weighted by Gasteiger charge is -2.12. The van der Waals surface area contributed by atoms with Gasteiger partial charge in [-0.05, 0) is 31.7 Å². The number of aromatic nitrogens is 1. The molecule has 1 aliphatic carbocycles. The number of carbonyl (C=O) groups excluding carboxylic acids is 1. The second-order valence-electron chi connectivity index (χ2n) is 4.35. The fourth-order valence-corrected chi connectivity index (χ4v) is 1.67. The number of pyridine rings is 1. The third-order valence-corrected chi connectivity index (χ3v) is 2.86. The van der Waals surface area contributed by atoms with E-state index in [-0.39, 0.29) is 24.4 Å². The first kappa shape index (κ1) is 11.7. The molecule has 1 aliphatic rings. The van der Waals surface area contributed by atoms with E-state index in [1.54, 1.807) is 12.1 Å². The molecule has 2 rings (SSSR count). The second-order valence-corrected chi connectivity index (χ2v) is 4.35. The van der Waals surface area contributed by atoms with Crippen LogP contribution < -0.4 is 14.8 Å². The Labute approximate surface area is 100.0 Å². The molecule has 1 saturated carbocycles. The molecule has 0 aromatic carbocycles. The minimum atomic E-state index is -0.187. The van der Waals surface area contributed by atoms with E-state index in [4.69, 9.17) is 4.74 Å². The van der Waals surface area contributed by atoms with Gasteiger partial charge in [0.05, 0.1) is 6.07 Å². The SMILES string of the molecule is C[C@@H](NC(=O)COc1cccc[n+]1[O-])C1CC1. The standard InChI is InChI=1S/C12H16N2O3/c1-9(10-5-6-10)13-11(15)8-17-12-4-2-3-7-14(12)16/h2-4,7,9-10H,5-6,8H2,1H3,(H,13,15)/t9-/m1/s1. The smallest absolute Gasteiger partial charge is 0.379 e. The van der Waals surface area contributed by atoms with Gasteiger partial charge in [-0.1, -0.05) is 0 Å². The Morgan fingerprint density at radius 2 is 2.41 bits per heavy atom. The normalized spacial score (nSPS) is 16.3. The molecule has 1 amide bonds. The number of hydrogen-bond acceptors (Lipinski definition) is 3. The summed E-state index contributed by atoms with van der Waals surface area (Å²) in [4.78, 5) is 11.5. The molecule has 0 aliphatic heterocycles. The Hall–Kier alpha value is -1.78. The summed E-state index contributed by atoms with van der Waals surface area (Å²) in [5.41, 5.74) is 0. The van der Waals surface area contributed by atoms with Gasteiger partial charge in [0.1, 0.15) is 0 Å². The molecule has 1 heterocycles. The van der Waals surface area contributed by atoms with E-state index in [1.807, 2.05) is 6.92 Å². The van der Waals surface area contributed by atoms with Gasteiger partial charge in [0, 0.05) is 12.1 Å². The van der Waals surface area contributed by atoms with Gasteiger partial charge in [-0.25, -0.2) is 0 Å². The molecule has 5 heteroatoms. The molecule has 0 radical (unpaired) electrons. The van der Waals surface area contributed by atoms with E-state index < -0.39 is 0 Å². The van der Waals surface area contributed by atoms with Crippen molar-refractivity contribution in [2.24, 2.45) is 5.92 Å². The van der Waals surface area contributed by atoms with Crippen LogP contribution in [0.15, 0.2) is 24.4 Å². The highest BCUT2D eigenvalue weighted by atomic mass is 16.6. The lowest BCUT2D eigenvalue weighted by Crippen LogP contribution is -2.38. The number of amides is 1. The van der Waals surface area contributed by atoms with Crippen molar-refractivity contribution in [1.29, 1.82) is 0 Å². The predicted molar refractivity (Wildman–Crippen MR) is 61.2 cm³/mol. The highest BCUT2D eigenvalue weighted by molar-refractivity contribution is 5.77. The lowest BCUT2D eigenvalue weighted by atomic mass is 10.2. The lowest BCUT2D eigenvalue weighted by molar-refractivity contribution is -0.612. The maximum Gasteiger partial charge on any atom is 0.379 e. The fourth-order valence-electron chi connectivity index (χ4n) is 1.67. The molecule has 1 N–H and O–H groups in total. The molecule has 1 aromatic heterocycles. The first-order valence-electron chi connectivity index (χ1n) is 5.77. The zero-order chi connectivity index (χ0) is 12.3. The van der Waals surface area contributed by atoms with E-state index in [0.29, 0.717) is 10.6 Å². The molecule has 0 spiro atoms. The second kappa shape index (κ2) is 5.03. The Balaban J connectivity index is 1.77. The average Bonchev–Trinajstić information content (AvgIpc) is 3.11. The van der Waals surface area contributed by atoms with Gasteiger partial charge in [-0.15, -0.1) is 4.73 Å². The third kappa shape index (κ3) is 3.34. The summed E-state index contributed by atoms with van der Waals surface area (Å²) in [6.07, 6.45) is 3.70. The maximum atomic E-state index is 11.5. The Morgan fingerprint density at radius 3 is 3.06 bits per heavy atom. The van der Waals surface area contributed by atoms with Crippen LogP contribution in [0.5, 0.6) is 5.88 Å². The van der Waals surface area contributed by atoms with Crippen molar-refractivity contribution in [2.75, 3.05) is 6.61 Å². The molecule has 5 nitrogen and oxygen atoms in total. The predicted octanol–water partition coefficient (Wildman–Crippen LogP) is 0.613. The van der Waals surface area contributed by atoms with Crippen molar-refractivity contribution in [2.45, 2.75) is 25.8 Å². The monoisotopic (exact) mass is 236 g/mol. The molecule has 1 fully saturated rings. The molecule has 17 heavy (non-hydrogen) atoms. The van der Waals surface area contributed by atoms with E-state index in [2.05, 4.69) is 5.32 Å². The molecule has 92 valence electrons. The maximum absolute atomic E-state index is 11.5. The zero-order valence-corrected chi connectivity index (χ0v) is 9.76. The molecule has 1 atom stereocenters. The summed E-state index contributed by atoms with van der Waals surface area (Å²) in [5, 5.41) is 14.1. The average molecular weight is 236 g/mol. The minimum absolute atomic E-state index is 0.122. The number of nitrogens with one attached hydrogen (secondary N) is 1. The van der Waals surface area contributed by atoms with E-state index in [1.165, 1.54) is 25.1 Å². The van der Waals surface area contributed by atoms with Crippen molar-refractivity contribution in [3.8, 4) is 5.88 Å². The topological polar surface area (TPSA) is 65.3 Å². The van der Waals surface area contributed by atoms with Crippen LogP contribution in [0.25, 0.3) is 0 Å². The molecule has 1 aromatic rings. The molecular formula is C12H16N2O3. The summed E-state index contributed by atoms with van der Waals surface area (Å²) in [7, 11) is 0. The Bertz CT molecular complexity index is 404. The van der Waals surface area contributed by atoms with E-state index >= 15 is 0 Å². The number of rotatable bonds is 5. The number of nitrogens with zero attached hydrogens (tertiary/aromatic N) is 1. The van der Waals surface area contributed by atoms with Crippen molar-refractivity contribution in [3.63, 3.8) is 0 Å². The Morgan fingerprint density at radius 1 is 1.65 bits per heavy atom. The van der Waals surface area contributed by atoms with Crippen LogP contribution in [0, 0.1) is 11.1 Å². The first-order chi connectivity index (χ1) is 8.16. The van der Waals surface area contributed by atoms with Gasteiger partial charge >= 0.3 is 5.88 Å². The summed E-state index contributed by atoms with van der Waals surface area (Å²) in [5.74, 6) is 0.565. The van der Waals surface area contributed by atoms with Crippen molar-refractivity contribution < 1.29 is 14.3 Å². The third-order valence-electron chi connectivity index (χ3n) is 2.86. The van der Waals surface area contributed by atoms with Gasteiger partial charge in [0.2, 0.25) is 0 Å². The highest BCUT2D eigenvalue weighted by Gasteiger charge is 2.28. The summed E-state index contributed by atoms with van der Waals surface area (Å²) in [6.45, 7) is 1.87. The first-order valence-corrected chi connectivity index (χ1v) is 5.77. The summed E-state index contributed by atoms with van der Waals surface area (Å²) < 4.78 is 5.73.